The number of aryl methyl sites for hydroxylation is 1. The van der Waals surface area contributed by atoms with E-state index in [9.17, 15) is 32.7 Å². The summed E-state index contributed by atoms with van der Waals surface area (Å²) in [7, 11) is 0.894. The van der Waals surface area contributed by atoms with Crippen LogP contribution in [0, 0.1) is 0 Å². The van der Waals surface area contributed by atoms with Gasteiger partial charge >= 0.3 is 17.8 Å². The molecular weight excluding hydrogens is 469 g/mol. The average molecular weight is 492 g/mol. The maximum atomic E-state index is 13.4. The molecule has 1 N–H and O–H groups in total. The SMILES string of the molecule is CCc1ccc(C(Oc2ccccc2)n2c(=O)cc(C(F)(F)F)n(C)c2=O)c(OC(C)C(=O)O)c1. The van der Waals surface area contributed by atoms with Crippen LogP contribution < -0.4 is 20.7 Å². The molecule has 0 saturated heterocycles. The third kappa shape index (κ3) is 5.56. The molecule has 3 aromatic rings. The Kier molecular flexibility index (Phi) is 7.37. The molecule has 0 aliphatic rings. The lowest BCUT2D eigenvalue weighted by Gasteiger charge is -2.25. The predicted molar refractivity (Wildman–Crippen MR) is 120 cm³/mol. The molecule has 0 spiro atoms. The first-order chi connectivity index (χ1) is 16.4. The van der Waals surface area contributed by atoms with E-state index in [4.69, 9.17) is 9.47 Å². The van der Waals surface area contributed by atoms with Gasteiger partial charge in [0.05, 0.1) is 5.56 Å². The summed E-state index contributed by atoms with van der Waals surface area (Å²) in [5.74, 6) is -1.04. The maximum absolute atomic E-state index is 13.4. The van der Waals surface area contributed by atoms with Crippen LogP contribution in [0.2, 0.25) is 0 Å². The first-order valence-corrected chi connectivity index (χ1v) is 10.6. The molecule has 35 heavy (non-hydrogen) atoms. The summed E-state index contributed by atoms with van der Waals surface area (Å²) in [6.07, 6.45) is -7.24. The van der Waals surface area contributed by atoms with Crippen LogP contribution in [-0.4, -0.2) is 26.3 Å². The zero-order valence-corrected chi connectivity index (χ0v) is 19.1. The van der Waals surface area contributed by atoms with Crippen LogP contribution >= 0.6 is 0 Å². The molecule has 0 fully saturated rings. The number of rotatable bonds is 8. The van der Waals surface area contributed by atoms with E-state index in [0.717, 1.165) is 12.6 Å². The highest BCUT2D eigenvalue weighted by atomic mass is 19.4. The van der Waals surface area contributed by atoms with Crippen molar-refractivity contribution in [3.8, 4) is 11.5 Å². The third-order valence-corrected chi connectivity index (χ3v) is 5.27. The molecule has 0 bridgehead atoms. The van der Waals surface area contributed by atoms with Gasteiger partial charge in [0.2, 0.25) is 6.23 Å². The number of nitrogens with zero attached hydrogens (tertiary/aromatic N) is 2. The normalized spacial score (nSPS) is 13.2. The highest BCUT2D eigenvalue weighted by molar-refractivity contribution is 5.72. The number of benzene rings is 2. The van der Waals surface area contributed by atoms with Gasteiger partial charge in [-0.3, -0.25) is 9.36 Å². The molecule has 0 saturated carbocycles. The minimum Gasteiger partial charge on any atom is -0.479 e. The molecule has 186 valence electrons. The van der Waals surface area contributed by atoms with Crippen molar-refractivity contribution in [2.45, 2.75) is 38.8 Å². The minimum absolute atomic E-state index is 0.00836. The highest BCUT2D eigenvalue weighted by Crippen LogP contribution is 2.32. The van der Waals surface area contributed by atoms with Crippen molar-refractivity contribution in [3.05, 3.63) is 92.3 Å². The van der Waals surface area contributed by atoms with Crippen LogP contribution in [0.1, 0.15) is 36.9 Å². The van der Waals surface area contributed by atoms with Crippen molar-refractivity contribution < 1.29 is 32.5 Å². The Morgan fingerprint density at radius 1 is 1.06 bits per heavy atom. The summed E-state index contributed by atoms with van der Waals surface area (Å²) in [6, 6.07) is 13.0. The van der Waals surface area contributed by atoms with Gasteiger partial charge in [-0.25, -0.2) is 14.2 Å². The molecule has 0 aliphatic heterocycles. The van der Waals surface area contributed by atoms with E-state index in [1.807, 2.05) is 6.92 Å². The van der Waals surface area contributed by atoms with Gasteiger partial charge in [-0.05, 0) is 43.2 Å². The number of aromatic nitrogens is 2. The molecule has 0 aliphatic carbocycles. The maximum Gasteiger partial charge on any atom is 0.431 e. The second kappa shape index (κ2) is 10.1. The zero-order valence-electron chi connectivity index (χ0n) is 19.1. The predicted octanol–water partition coefficient (Wildman–Crippen LogP) is 3.61. The molecule has 0 amide bonds. The standard InChI is InChI=1S/C24H23F3N2O6/c1-4-15-10-11-17(18(12-15)34-14(2)22(31)32)21(35-16-8-6-5-7-9-16)29-20(30)13-19(24(25,26)27)28(3)23(29)33/h5-14,21H,4H2,1-3H3,(H,31,32). The summed E-state index contributed by atoms with van der Waals surface area (Å²) >= 11 is 0. The van der Waals surface area contributed by atoms with Crippen LogP contribution in [0.4, 0.5) is 13.2 Å². The summed E-state index contributed by atoms with van der Waals surface area (Å²) in [5.41, 5.74) is -3.11. The Labute approximate surface area is 197 Å². The fraction of sp³-hybridized carbons (Fsp3) is 0.292. The Bertz CT molecular complexity index is 1330. The quantitative estimate of drug-likeness (QED) is 0.516. The van der Waals surface area contributed by atoms with Gasteiger partial charge < -0.3 is 14.6 Å². The third-order valence-electron chi connectivity index (χ3n) is 5.27. The first kappa shape index (κ1) is 25.6. The minimum atomic E-state index is -4.93. The van der Waals surface area contributed by atoms with Gasteiger partial charge in [-0.1, -0.05) is 31.2 Å². The van der Waals surface area contributed by atoms with Crippen LogP contribution in [0.5, 0.6) is 11.5 Å². The van der Waals surface area contributed by atoms with Gasteiger partial charge in [0.25, 0.3) is 5.56 Å². The summed E-state index contributed by atoms with van der Waals surface area (Å²) in [6.45, 7) is 3.15. The topological polar surface area (TPSA) is 99.8 Å². The van der Waals surface area contributed by atoms with E-state index in [1.165, 1.54) is 31.2 Å². The second-order valence-electron chi connectivity index (χ2n) is 7.68. The smallest absolute Gasteiger partial charge is 0.431 e. The number of hydrogen-bond acceptors (Lipinski definition) is 5. The van der Waals surface area contributed by atoms with Gasteiger partial charge in [0.1, 0.15) is 17.2 Å². The molecule has 0 radical (unpaired) electrons. The summed E-state index contributed by atoms with van der Waals surface area (Å²) < 4.78 is 52.4. The zero-order chi connectivity index (χ0) is 25.9. The van der Waals surface area contributed by atoms with Crippen LogP contribution in [-0.2, 0) is 24.4 Å². The Morgan fingerprint density at radius 2 is 1.71 bits per heavy atom. The number of carboxylic acids is 1. The highest BCUT2D eigenvalue weighted by Gasteiger charge is 2.36. The van der Waals surface area contributed by atoms with Crippen molar-refractivity contribution >= 4 is 5.97 Å². The van der Waals surface area contributed by atoms with Crippen molar-refractivity contribution in [2.24, 2.45) is 7.05 Å². The van der Waals surface area contributed by atoms with E-state index in [2.05, 4.69) is 0 Å². The molecular formula is C24H23F3N2O6. The van der Waals surface area contributed by atoms with Crippen molar-refractivity contribution in [1.29, 1.82) is 0 Å². The lowest BCUT2D eigenvalue weighted by Crippen LogP contribution is -2.45. The number of carbonyl (C=O) groups is 1. The van der Waals surface area contributed by atoms with Crippen molar-refractivity contribution in [1.82, 2.24) is 9.13 Å². The average Bonchev–Trinajstić information content (AvgIpc) is 2.80. The molecule has 8 nitrogen and oxygen atoms in total. The molecule has 1 aromatic heterocycles. The van der Waals surface area contributed by atoms with Gasteiger partial charge in [-0.15, -0.1) is 0 Å². The largest absolute Gasteiger partial charge is 0.479 e. The summed E-state index contributed by atoms with van der Waals surface area (Å²) in [5, 5.41) is 9.31. The van der Waals surface area contributed by atoms with Crippen LogP contribution in [0.25, 0.3) is 0 Å². The number of halogens is 3. The van der Waals surface area contributed by atoms with Crippen LogP contribution in [0.15, 0.2) is 64.2 Å². The molecule has 2 aromatic carbocycles. The Hall–Kier alpha value is -4.02. The van der Waals surface area contributed by atoms with E-state index in [1.54, 1.807) is 24.3 Å². The molecule has 2 unspecified atom stereocenters. The van der Waals surface area contributed by atoms with E-state index < -0.39 is 41.4 Å². The molecule has 3 rings (SSSR count). The number of ether oxygens (including phenoxy) is 2. The van der Waals surface area contributed by atoms with E-state index in [0.29, 0.717) is 21.6 Å². The van der Waals surface area contributed by atoms with E-state index >= 15 is 0 Å². The number of alkyl halides is 3. The number of aliphatic carboxylic acids is 1. The van der Waals surface area contributed by atoms with Gasteiger partial charge in [0, 0.05) is 13.1 Å². The van der Waals surface area contributed by atoms with Crippen molar-refractivity contribution in [3.63, 3.8) is 0 Å². The molecule has 11 heteroatoms. The first-order valence-electron chi connectivity index (χ1n) is 10.6. The lowest BCUT2D eigenvalue weighted by molar-refractivity contribution is -0.144. The van der Waals surface area contributed by atoms with Crippen LogP contribution in [0.3, 0.4) is 0 Å². The van der Waals surface area contributed by atoms with Gasteiger partial charge in [-0.2, -0.15) is 13.2 Å². The molecule has 2 atom stereocenters. The van der Waals surface area contributed by atoms with Gasteiger partial charge in [0.15, 0.2) is 6.10 Å². The fourth-order valence-corrected chi connectivity index (χ4v) is 3.36. The Balaban J connectivity index is 2.29. The lowest BCUT2D eigenvalue weighted by atomic mass is 10.1. The second-order valence-corrected chi connectivity index (χ2v) is 7.68. The number of para-hydroxylation sites is 1. The number of carboxylic acid groups (broad SMARTS) is 1. The molecule has 1 heterocycles. The Morgan fingerprint density at radius 3 is 2.29 bits per heavy atom. The summed E-state index contributed by atoms with van der Waals surface area (Å²) in [4.78, 5) is 37.3. The fourth-order valence-electron chi connectivity index (χ4n) is 3.36. The van der Waals surface area contributed by atoms with Crippen molar-refractivity contribution in [2.75, 3.05) is 0 Å². The van der Waals surface area contributed by atoms with E-state index in [-0.39, 0.29) is 17.1 Å². The monoisotopic (exact) mass is 492 g/mol. The number of hydrogen-bond donors (Lipinski definition) is 1.